The molecule has 0 saturated carbocycles. The molecule has 0 aliphatic heterocycles. The van der Waals surface area contributed by atoms with Crippen molar-refractivity contribution in [3.63, 3.8) is 0 Å². The summed E-state index contributed by atoms with van der Waals surface area (Å²) in [5.74, 6) is 0. The average Bonchev–Trinajstić information content (AvgIpc) is 2.14. The third kappa shape index (κ3) is 3.00. The van der Waals surface area contributed by atoms with Gasteiger partial charge in [-0.15, -0.1) is 0 Å². The summed E-state index contributed by atoms with van der Waals surface area (Å²) in [5.41, 5.74) is 1.35. The molecular formula is C15H18Sn. The van der Waals surface area contributed by atoms with Crippen LogP contribution in [0.25, 0.3) is 10.8 Å². The van der Waals surface area contributed by atoms with Crippen LogP contribution >= 0.6 is 0 Å². The van der Waals surface area contributed by atoms with Crippen molar-refractivity contribution in [2.24, 2.45) is 0 Å². The van der Waals surface area contributed by atoms with E-state index in [4.69, 9.17) is 0 Å². The minimum absolute atomic E-state index is 0.467. The zero-order valence-electron chi connectivity index (χ0n) is 10.5. The van der Waals surface area contributed by atoms with Gasteiger partial charge in [-0.1, -0.05) is 0 Å². The van der Waals surface area contributed by atoms with Gasteiger partial charge in [0.15, 0.2) is 0 Å². The van der Waals surface area contributed by atoms with E-state index in [9.17, 15) is 0 Å². The summed E-state index contributed by atoms with van der Waals surface area (Å²) in [6.07, 6.45) is 0. The summed E-state index contributed by atoms with van der Waals surface area (Å²) < 4.78 is 2.13. The molecule has 0 aromatic heterocycles. The molecule has 2 aromatic rings. The first-order valence-corrected chi connectivity index (χ1v) is 8.58. The molecule has 0 unspecified atom stereocenters. The van der Waals surface area contributed by atoms with E-state index in [1.54, 1.807) is 3.58 Å². The van der Waals surface area contributed by atoms with E-state index >= 15 is 0 Å². The standard InChI is InChI=1S/C11H9.C4H9.Sn/c1-9-6-7-10-4-2-3-5-11(10)8-9;1-4(2)3;/h2,4-8H,1H3;1-3H3;. The van der Waals surface area contributed by atoms with Gasteiger partial charge in [0.05, 0.1) is 0 Å². The number of aryl methyl sites for hydroxylation is 1. The molecule has 2 aromatic carbocycles. The molecule has 0 bridgehead atoms. The average molecular weight is 317 g/mol. The van der Waals surface area contributed by atoms with Crippen LogP contribution in [0.5, 0.6) is 0 Å². The zero-order valence-corrected chi connectivity index (χ0v) is 13.3. The van der Waals surface area contributed by atoms with Crippen molar-refractivity contribution in [1.82, 2.24) is 0 Å². The maximum absolute atomic E-state index is 2.40. The van der Waals surface area contributed by atoms with Gasteiger partial charge < -0.3 is 0 Å². The van der Waals surface area contributed by atoms with E-state index in [-0.39, 0.29) is 0 Å². The number of fused-ring (bicyclic) bond motifs is 1. The van der Waals surface area contributed by atoms with E-state index < -0.39 is 21.1 Å². The molecule has 0 nitrogen and oxygen atoms in total. The summed E-state index contributed by atoms with van der Waals surface area (Å²) >= 11 is -0.467. The summed E-state index contributed by atoms with van der Waals surface area (Å²) in [7, 11) is 0. The van der Waals surface area contributed by atoms with E-state index in [2.05, 4.69) is 64.1 Å². The molecule has 0 aliphatic carbocycles. The Morgan fingerprint density at radius 2 is 1.56 bits per heavy atom. The second kappa shape index (κ2) is 4.40. The quantitative estimate of drug-likeness (QED) is 0.704. The van der Waals surface area contributed by atoms with Crippen molar-refractivity contribution < 1.29 is 0 Å². The normalized spacial score (nSPS) is 12.0. The van der Waals surface area contributed by atoms with Gasteiger partial charge in [-0.2, -0.15) is 0 Å². The Labute approximate surface area is 108 Å². The van der Waals surface area contributed by atoms with Crippen LogP contribution in [0, 0.1) is 6.92 Å². The van der Waals surface area contributed by atoms with E-state index in [1.807, 2.05) is 0 Å². The van der Waals surface area contributed by atoms with Crippen molar-refractivity contribution >= 4 is 35.5 Å². The molecule has 0 aliphatic rings. The molecule has 2 rings (SSSR count). The number of hydrogen-bond donors (Lipinski definition) is 0. The molecule has 82 valence electrons. The van der Waals surface area contributed by atoms with Crippen molar-refractivity contribution in [1.29, 1.82) is 0 Å². The maximum atomic E-state index is 2.40. The second-order valence-corrected chi connectivity index (χ2v) is 12.1. The summed E-state index contributed by atoms with van der Waals surface area (Å²) in [6, 6.07) is 13.7. The molecule has 0 spiro atoms. The molecule has 2 radical (unpaired) electrons. The first kappa shape index (κ1) is 12.0. The zero-order chi connectivity index (χ0) is 11.8. The van der Waals surface area contributed by atoms with Crippen molar-refractivity contribution in [2.75, 3.05) is 0 Å². The van der Waals surface area contributed by atoms with Gasteiger partial charge in [0.25, 0.3) is 0 Å². The summed E-state index contributed by atoms with van der Waals surface area (Å²) in [5, 5.41) is 2.77. The number of benzene rings is 2. The molecule has 0 heterocycles. The fourth-order valence-corrected chi connectivity index (χ4v) is 5.47. The van der Waals surface area contributed by atoms with E-state index in [0.29, 0.717) is 3.43 Å². The van der Waals surface area contributed by atoms with E-state index in [1.165, 1.54) is 16.3 Å². The van der Waals surface area contributed by atoms with Crippen LogP contribution in [-0.4, -0.2) is 21.1 Å². The van der Waals surface area contributed by atoms with Crippen LogP contribution in [0.1, 0.15) is 26.3 Å². The molecule has 16 heavy (non-hydrogen) atoms. The van der Waals surface area contributed by atoms with Gasteiger partial charge in [0, 0.05) is 0 Å². The Kier molecular flexibility index (Phi) is 3.29. The Hall–Kier alpha value is -0.501. The third-order valence-electron chi connectivity index (χ3n) is 2.52. The van der Waals surface area contributed by atoms with Crippen LogP contribution in [0.4, 0.5) is 0 Å². The van der Waals surface area contributed by atoms with Crippen molar-refractivity contribution in [2.45, 2.75) is 31.1 Å². The van der Waals surface area contributed by atoms with Crippen molar-refractivity contribution in [3.8, 4) is 0 Å². The number of hydrogen-bond acceptors (Lipinski definition) is 0. The third-order valence-corrected chi connectivity index (χ3v) is 6.37. The van der Waals surface area contributed by atoms with Gasteiger partial charge in [-0.3, -0.25) is 0 Å². The van der Waals surface area contributed by atoms with Crippen LogP contribution in [0.15, 0.2) is 36.4 Å². The molecule has 1 heteroatoms. The van der Waals surface area contributed by atoms with Crippen LogP contribution < -0.4 is 3.58 Å². The molecule has 0 atom stereocenters. The van der Waals surface area contributed by atoms with Crippen LogP contribution in [0.2, 0.25) is 3.43 Å². The first-order valence-electron chi connectivity index (χ1n) is 5.73. The second-order valence-electron chi connectivity index (χ2n) is 5.44. The molecule has 0 saturated heterocycles. The Morgan fingerprint density at radius 1 is 0.875 bits per heavy atom. The van der Waals surface area contributed by atoms with Crippen LogP contribution in [-0.2, 0) is 0 Å². The van der Waals surface area contributed by atoms with E-state index in [0.717, 1.165) is 0 Å². The Morgan fingerprint density at radius 3 is 2.25 bits per heavy atom. The predicted octanol–water partition coefficient (Wildman–Crippen LogP) is 3.70. The Bertz CT molecular complexity index is 506. The van der Waals surface area contributed by atoms with Gasteiger partial charge in [0.2, 0.25) is 0 Å². The summed E-state index contributed by atoms with van der Waals surface area (Å²) in [6.45, 7) is 9.24. The molecule has 0 amide bonds. The minimum atomic E-state index is -0.467. The monoisotopic (exact) mass is 318 g/mol. The SMILES string of the molecule is Cc1ccc2cc[c]([Sn][C](C)(C)C)cc2c1. The fraction of sp³-hybridized carbons (Fsp3) is 0.333. The van der Waals surface area contributed by atoms with Gasteiger partial charge in [-0.05, 0) is 0 Å². The molecular weight excluding hydrogens is 299 g/mol. The van der Waals surface area contributed by atoms with Gasteiger partial charge in [-0.25, -0.2) is 0 Å². The van der Waals surface area contributed by atoms with Gasteiger partial charge in [0.1, 0.15) is 0 Å². The first-order chi connectivity index (χ1) is 7.44. The predicted molar refractivity (Wildman–Crippen MR) is 73.8 cm³/mol. The topological polar surface area (TPSA) is 0 Å². The van der Waals surface area contributed by atoms with Crippen molar-refractivity contribution in [3.05, 3.63) is 42.0 Å². The van der Waals surface area contributed by atoms with Gasteiger partial charge >= 0.3 is 109 Å². The number of rotatable bonds is 1. The summed E-state index contributed by atoms with van der Waals surface area (Å²) in [4.78, 5) is 0. The molecule has 0 N–H and O–H groups in total. The Balaban J connectivity index is 2.43. The van der Waals surface area contributed by atoms with Crippen LogP contribution in [0.3, 0.4) is 0 Å². The fourth-order valence-electron chi connectivity index (χ4n) is 1.88. The molecule has 0 fully saturated rings.